The molecule has 0 radical (unpaired) electrons. The summed E-state index contributed by atoms with van der Waals surface area (Å²) >= 11 is 0. The topological polar surface area (TPSA) is 47.0 Å². The number of nitrogens with zero attached hydrogens (tertiary/aromatic N) is 2. The highest BCUT2D eigenvalue weighted by Crippen LogP contribution is 2.15. The summed E-state index contributed by atoms with van der Waals surface area (Å²) in [6.45, 7) is 9.87. The largest absolute Gasteiger partial charge is 0.477 e. The van der Waals surface area contributed by atoms with Crippen LogP contribution in [-0.2, 0) is 0 Å². The van der Waals surface area contributed by atoms with E-state index in [1.165, 1.54) is 12.8 Å². The Morgan fingerprint density at radius 3 is 2.76 bits per heavy atom. The van der Waals surface area contributed by atoms with Crippen molar-refractivity contribution in [3.8, 4) is 5.88 Å². The van der Waals surface area contributed by atoms with Crippen LogP contribution in [0.2, 0.25) is 0 Å². The standard InChI is InChI=1S/C13H23N3O/c1-5-7-10(3)9-17-13-8-12(14-6-2)15-11(4)16-13/h8,10H,5-7,9H2,1-4H3,(H,14,15,16). The highest BCUT2D eigenvalue weighted by atomic mass is 16.5. The van der Waals surface area contributed by atoms with E-state index in [1.807, 2.05) is 19.9 Å². The monoisotopic (exact) mass is 237 g/mol. The minimum Gasteiger partial charge on any atom is -0.477 e. The first-order valence-electron chi connectivity index (χ1n) is 6.38. The van der Waals surface area contributed by atoms with E-state index in [0.717, 1.165) is 24.8 Å². The van der Waals surface area contributed by atoms with Crippen LogP contribution in [-0.4, -0.2) is 23.1 Å². The zero-order chi connectivity index (χ0) is 12.7. The molecule has 0 aliphatic rings. The van der Waals surface area contributed by atoms with Crippen LogP contribution in [0.4, 0.5) is 5.82 Å². The van der Waals surface area contributed by atoms with E-state index < -0.39 is 0 Å². The molecule has 0 saturated heterocycles. The molecule has 0 bridgehead atoms. The second-order valence-corrected chi connectivity index (χ2v) is 4.37. The van der Waals surface area contributed by atoms with Crippen molar-refractivity contribution in [2.45, 2.75) is 40.5 Å². The third-order valence-corrected chi connectivity index (χ3v) is 2.47. The lowest BCUT2D eigenvalue weighted by Crippen LogP contribution is -2.10. The first-order valence-corrected chi connectivity index (χ1v) is 6.38. The molecule has 0 amide bonds. The number of aryl methyl sites for hydroxylation is 1. The SMILES string of the molecule is CCCC(C)COc1cc(NCC)nc(C)n1. The summed E-state index contributed by atoms with van der Waals surface area (Å²) in [5.74, 6) is 2.80. The van der Waals surface area contributed by atoms with Crippen LogP contribution in [0.3, 0.4) is 0 Å². The summed E-state index contributed by atoms with van der Waals surface area (Å²) in [6.07, 6.45) is 2.38. The fourth-order valence-electron chi connectivity index (χ4n) is 1.69. The van der Waals surface area contributed by atoms with Crippen LogP contribution in [0, 0.1) is 12.8 Å². The van der Waals surface area contributed by atoms with E-state index in [-0.39, 0.29) is 0 Å². The van der Waals surface area contributed by atoms with E-state index in [1.54, 1.807) is 0 Å². The molecular weight excluding hydrogens is 214 g/mol. The molecule has 4 heteroatoms. The molecule has 1 unspecified atom stereocenters. The van der Waals surface area contributed by atoms with E-state index in [2.05, 4.69) is 29.1 Å². The number of nitrogens with one attached hydrogen (secondary N) is 1. The molecule has 0 aliphatic carbocycles. The predicted octanol–water partition coefficient (Wildman–Crippen LogP) is 3.03. The van der Waals surface area contributed by atoms with Gasteiger partial charge in [0.2, 0.25) is 5.88 Å². The van der Waals surface area contributed by atoms with Gasteiger partial charge in [-0.15, -0.1) is 0 Å². The molecule has 1 rings (SSSR count). The molecule has 0 saturated carbocycles. The van der Waals surface area contributed by atoms with Gasteiger partial charge in [-0.2, -0.15) is 4.98 Å². The highest BCUT2D eigenvalue weighted by molar-refractivity contribution is 5.38. The van der Waals surface area contributed by atoms with Gasteiger partial charge in [-0.05, 0) is 26.2 Å². The van der Waals surface area contributed by atoms with Crippen LogP contribution < -0.4 is 10.1 Å². The maximum atomic E-state index is 5.70. The van der Waals surface area contributed by atoms with E-state index in [0.29, 0.717) is 11.8 Å². The summed E-state index contributed by atoms with van der Waals surface area (Å²) in [6, 6.07) is 1.86. The Labute approximate surface area is 104 Å². The van der Waals surface area contributed by atoms with Crippen molar-refractivity contribution >= 4 is 5.82 Å². The Bertz CT molecular complexity index is 341. The van der Waals surface area contributed by atoms with Crippen molar-refractivity contribution in [1.82, 2.24) is 9.97 Å². The summed E-state index contributed by atoms with van der Waals surface area (Å²) in [5.41, 5.74) is 0. The van der Waals surface area contributed by atoms with Crippen molar-refractivity contribution in [1.29, 1.82) is 0 Å². The van der Waals surface area contributed by atoms with Crippen molar-refractivity contribution in [3.63, 3.8) is 0 Å². The minimum atomic E-state index is 0.567. The van der Waals surface area contributed by atoms with Gasteiger partial charge in [0.15, 0.2) is 0 Å². The lowest BCUT2D eigenvalue weighted by Gasteiger charge is -2.12. The quantitative estimate of drug-likeness (QED) is 0.792. The molecule has 1 heterocycles. The first kappa shape index (κ1) is 13.7. The van der Waals surface area contributed by atoms with E-state index in [9.17, 15) is 0 Å². The number of ether oxygens (including phenoxy) is 1. The number of anilines is 1. The minimum absolute atomic E-state index is 0.567. The molecule has 1 N–H and O–H groups in total. The Morgan fingerprint density at radius 2 is 2.12 bits per heavy atom. The fourth-order valence-corrected chi connectivity index (χ4v) is 1.69. The summed E-state index contributed by atoms with van der Waals surface area (Å²) in [4.78, 5) is 8.56. The lowest BCUT2D eigenvalue weighted by atomic mass is 10.1. The molecule has 1 atom stereocenters. The second-order valence-electron chi connectivity index (χ2n) is 4.37. The molecule has 17 heavy (non-hydrogen) atoms. The van der Waals surface area contributed by atoms with Gasteiger partial charge in [-0.1, -0.05) is 20.3 Å². The fraction of sp³-hybridized carbons (Fsp3) is 0.692. The van der Waals surface area contributed by atoms with Gasteiger partial charge in [0, 0.05) is 12.6 Å². The summed E-state index contributed by atoms with van der Waals surface area (Å²) in [5, 5.41) is 3.17. The average Bonchev–Trinajstić information content (AvgIpc) is 2.26. The van der Waals surface area contributed by atoms with Gasteiger partial charge in [0.05, 0.1) is 6.61 Å². The molecule has 0 fully saturated rings. The Balaban J connectivity index is 2.57. The van der Waals surface area contributed by atoms with Gasteiger partial charge < -0.3 is 10.1 Å². The molecular formula is C13H23N3O. The van der Waals surface area contributed by atoms with Crippen LogP contribution in [0.5, 0.6) is 5.88 Å². The number of hydrogen-bond acceptors (Lipinski definition) is 4. The third-order valence-electron chi connectivity index (χ3n) is 2.47. The Kier molecular flexibility index (Phi) is 5.73. The lowest BCUT2D eigenvalue weighted by molar-refractivity contribution is 0.242. The van der Waals surface area contributed by atoms with Crippen LogP contribution in [0.25, 0.3) is 0 Å². The molecule has 0 aliphatic heterocycles. The van der Waals surface area contributed by atoms with E-state index in [4.69, 9.17) is 4.74 Å². The van der Waals surface area contributed by atoms with Gasteiger partial charge in [0.1, 0.15) is 11.6 Å². The molecule has 4 nitrogen and oxygen atoms in total. The molecule has 1 aromatic rings. The zero-order valence-electron chi connectivity index (χ0n) is 11.3. The van der Waals surface area contributed by atoms with Gasteiger partial charge in [0.25, 0.3) is 0 Å². The number of aromatic nitrogens is 2. The zero-order valence-corrected chi connectivity index (χ0v) is 11.3. The summed E-state index contributed by atoms with van der Waals surface area (Å²) < 4.78 is 5.70. The normalized spacial score (nSPS) is 12.2. The van der Waals surface area contributed by atoms with Crippen LogP contribution in [0.1, 0.15) is 39.4 Å². The smallest absolute Gasteiger partial charge is 0.218 e. The highest BCUT2D eigenvalue weighted by Gasteiger charge is 2.05. The molecule has 0 aromatic carbocycles. The second kappa shape index (κ2) is 7.09. The Hall–Kier alpha value is -1.32. The van der Waals surface area contributed by atoms with Crippen molar-refractivity contribution in [3.05, 3.63) is 11.9 Å². The van der Waals surface area contributed by atoms with Crippen LogP contribution >= 0.6 is 0 Å². The van der Waals surface area contributed by atoms with Gasteiger partial charge >= 0.3 is 0 Å². The van der Waals surface area contributed by atoms with Crippen LogP contribution in [0.15, 0.2) is 6.07 Å². The van der Waals surface area contributed by atoms with Gasteiger partial charge in [-0.3, -0.25) is 0 Å². The maximum absolute atomic E-state index is 5.70. The first-order chi connectivity index (χ1) is 8.15. The van der Waals surface area contributed by atoms with E-state index >= 15 is 0 Å². The Morgan fingerprint density at radius 1 is 1.35 bits per heavy atom. The number of hydrogen-bond donors (Lipinski definition) is 1. The predicted molar refractivity (Wildman–Crippen MR) is 70.5 cm³/mol. The molecule has 96 valence electrons. The molecule has 1 aromatic heterocycles. The van der Waals surface area contributed by atoms with Crippen molar-refractivity contribution < 1.29 is 4.74 Å². The number of rotatable bonds is 7. The maximum Gasteiger partial charge on any atom is 0.218 e. The average molecular weight is 237 g/mol. The summed E-state index contributed by atoms with van der Waals surface area (Å²) in [7, 11) is 0. The van der Waals surface area contributed by atoms with Crippen molar-refractivity contribution in [2.75, 3.05) is 18.5 Å². The molecule has 0 spiro atoms. The third kappa shape index (κ3) is 5.02. The van der Waals surface area contributed by atoms with Gasteiger partial charge in [-0.25, -0.2) is 4.98 Å². The van der Waals surface area contributed by atoms with Crippen molar-refractivity contribution in [2.24, 2.45) is 5.92 Å².